The maximum Gasteiger partial charge on any atom is 0.314 e. The predicted octanol–water partition coefficient (Wildman–Crippen LogP) is -0.259. The largest absolute Gasteiger partial charge is 0.481 e. The number of amides is 1. The van der Waals surface area contributed by atoms with E-state index in [0.29, 0.717) is 12.6 Å². The molecule has 0 rings (SSSR count). The molecule has 0 aliphatic carbocycles. The second-order valence-corrected chi connectivity index (χ2v) is 4.96. The number of carboxylic acid groups (broad SMARTS) is 1. The molecule has 0 saturated carbocycles. The van der Waals surface area contributed by atoms with E-state index in [1.165, 1.54) is 6.92 Å². The molecule has 0 radical (unpaired) electrons. The maximum atomic E-state index is 11.6. The van der Waals surface area contributed by atoms with Crippen molar-refractivity contribution in [1.29, 1.82) is 0 Å². The van der Waals surface area contributed by atoms with Crippen LogP contribution >= 0.6 is 0 Å². The minimum Gasteiger partial charge on any atom is -0.481 e. The van der Waals surface area contributed by atoms with Crippen molar-refractivity contribution < 1.29 is 29.5 Å². The molecule has 116 valence electrons. The van der Waals surface area contributed by atoms with Crippen molar-refractivity contribution in [1.82, 2.24) is 5.32 Å². The van der Waals surface area contributed by atoms with E-state index in [1.807, 2.05) is 13.8 Å². The molecular formula is C12H22N2O6. The average Bonchev–Trinajstić information content (AvgIpc) is 2.35. The van der Waals surface area contributed by atoms with E-state index in [0.717, 1.165) is 7.11 Å². The highest BCUT2D eigenvalue weighted by atomic mass is 16.9. The van der Waals surface area contributed by atoms with Crippen LogP contribution in [-0.4, -0.2) is 52.5 Å². The van der Waals surface area contributed by atoms with Crippen LogP contribution in [0.4, 0.5) is 0 Å². The zero-order valence-electron chi connectivity index (χ0n) is 12.1. The first-order valence-corrected chi connectivity index (χ1v) is 6.25. The third-order valence-electron chi connectivity index (χ3n) is 2.77. The molecule has 0 bridgehead atoms. The summed E-state index contributed by atoms with van der Waals surface area (Å²) in [5.41, 5.74) is 0. The summed E-state index contributed by atoms with van der Waals surface area (Å²) in [7, 11) is 1.10. The summed E-state index contributed by atoms with van der Waals surface area (Å²) in [4.78, 5) is 26.6. The first-order chi connectivity index (χ1) is 9.18. The molecule has 0 heterocycles. The molecule has 0 aliphatic rings. The van der Waals surface area contributed by atoms with Gasteiger partial charge in [-0.2, -0.15) is 0 Å². The van der Waals surface area contributed by atoms with Gasteiger partial charge in [0.15, 0.2) is 0 Å². The number of aliphatic hydroxyl groups excluding tert-OH is 1. The first-order valence-electron chi connectivity index (χ1n) is 6.25. The fraction of sp³-hybridized carbons (Fsp3) is 0.750. The number of aliphatic carboxylic acids is 1. The van der Waals surface area contributed by atoms with E-state index < -0.39 is 29.9 Å². The Kier molecular flexibility index (Phi) is 7.60. The van der Waals surface area contributed by atoms with Crippen molar-refractivity contribution in [2.45, 2.75) is 39.3 Å². The van der Waals surface area contributed by atoms with Gasteiger partial charge in [-0.3, -0.25) is 14.8 Å². The minimum absolute atomic E-state index is 0.0330. The van der Waals surface area contributed by atoms with E-state index in [2.05, 4.69) is 10.2 Å². The molecule has 0 fully saturated rings. The first kappa shape index (κ1) is 18.2. The van der Waals surface area contributed by atoms with Crippen LogP contribution in [0.25, 0.3) is 0 Å². The lowest BCUT2D eigenvalue weighted by molar-refractivity contribution is -0.729. The van der Waals surface area contributed by atoms with Crippen LogP contribution in [0.15, 0.2) is 0 Å². The number of hydrogen-bond acceptors (Lipinski definition) is 5. The lowest BCUT2D eigenvalue weighted by Crippen LogP contribution is -2.49. The van der Waals surface area contributed by atoms with E-state index in [-0.39, 0.29) is 10.8 Å². The number of nitrogens with zero attached hydrogens (tertiary/aromatic N) is 1. The predicted molar refractivity (Wildman–Crippen MR) is 70.9 cm³/mol. The van der Waals surface area contributed by atoms with Gasteiger partial charge in [0.1, 0.15) is 0 Å². The van der Waals surface area contributed by atoms with Crippen molar-refractivity contribution in [2.24, 2.45) is 11.8 Å². The van der Waals surface area contributed by atoms with Crippen LogP contribution in [0.3, 0.4) is 0 Å². The standard InChI is InChI=1S/C12H22N2O6/c1-7(2)5-9(11(16)8(3)12(17)18)13-10(15)6-14(19)20-4/h6-9,11,16H,5H2,1-4H3,(H,13,15)(H,17,18)/b14-6+. The lowest BCUT2D eigenvalue weighted by atomic mass is 9.91. The third kappa shape index (κ3) is 6.37. The average molecular weight is 290 g/mol. The molecule has 20 heavy (non-hydrogen) atoms. The number of aliphatic hydroxyl groups is 1. The number of carbonyl (C=O) groups excluding carboxylic acids is 1. The van der Waals surface area contributed by atoms with Gasteiger partial charge in [-0.15, -0.1) is 0 Å². The summed E-state index contributed by atoms with van der Waals surface area (Å²) in [6.45, 7) is 5.09. The molecule has 3 unspecified atom stereocenters. The van der Waals surface area contributed by atoms with Crippen LogP contribution in [-0.2, 0) is 14.4 Å². The Morgan fingerprint density at radius 3 is 2.35 bits per heavy atom. The van der Waals surface area contributed by atoms with Crippen LogP contribution in [0.5, 0.6) is 0 Å². The zero-order valence-corrected chi connectivity index (χ0v) is 12.1. The molecule has 8 heteroatoms. The number of carboxylic acids is 1. The van der Waals surface area contributed by atoms with Gasteiger partial charge in [0.2, 0.25) is 0 Å². The summed E-state index contributed by atoms with van der Waals surface area (Å²) < 4.78 is 0. The van der Waals surface area contributed by atoms with Crippen molar-refractivity contribution in [3.8, 4) is 0 Å². The van der Waals surface area contributed by atoms with Crippen molar-refractivity contribution in [2.75, 3.05) is 7.11 Å². The molecule has 0 spiro atoms. The van der Waals surface area contributed by atoms with Crippen LogP contribution in [0.2, 0.25) is 0 Å². The number of rotatable bonds is 8. The molecule has 0 aromatic rings. The van der Waals surface area contributed by atoms with Gasteiger partial charge in [0, 0.05) is 12.0 Å². The summed E-state index contributed by atoms with van der Waals surface area (Å²) in [5, 5.41) is 32.2. The Morgan fingerprint density at radius 1 is 1.40 bits per heavy atom. The maximum absolute atomic E-state index is 11.6. The molecule has 0 saturated heterocycles. The number of nitrogens with one attached hydrogen (secondary N) is 1. The van der Waals surface area contributed by atoms with Gasteiger partial charge in [-0.05, 0) is 19.3 Å². The van der Waals surface area contributed by atoms with Crippen molar-refractivity contribution in [3.05, 3.63) is 5.21 Å². The van der Waals surface area contributed by atoms with Crippen molar-refractivity contribution >= 4 is 18.1 Å². The van der Waals surface area contributed by atoms with E-state index in [9.17, 15) is 19.9 Å². The Labute approximate surface area is 117 Å². The highest BCUT2D eigenvalue weighted by Gasteiger charge is 2.31. The van der Waals surface area contributed by atoms with Gasteiger partial charge in [-0.1, -0.05) is 13.8 Å². The summed E-state index contributed by atoms with van der Waals surface area (Å²) in [6, 6.07) is -0.768. The van der Waals surface area contributed by atoms with Gasteiger partial charge in [-0.25, -0.2) is 0 Å². The normalized spacial score (nSPS) is 16.4. The van der Waals surface area contributed by atoms with Gasteiger partial charge in [0.05, 0.1) is 18.1 Å². The quantitative estimate of drug-likeness (QED) is 0.322. The highest BCUT2D eigenvalue weighted by molar-refractivity contribution is 6.24. The van der Waals surface area contributed by atoms with E-state index in [1.54, 1.807) is 0 Å². The molecule has 0 aliphatic heterocycles. The van der Waals surface area contributed by atoms with Gasteiger partial charge >= 0.3 is 11.9 Å². The molecule has 3 N–H and O–H groups in total. The molecule has 0 aromatic heterocycles. The molecule has 8 nitrogen and oxygen atoms in total. The fourth-order valence-electron chi connectivity index (χ4n) is 1.65. The Morgan fingerprint density at radius 2 is 1.95 bits per heavy atom. The molecule has 1 amide bonds. The van der Waals surface area contributed by atoms with Crippen molar-refractivity contribution in [3.63, 3.8) is 0 Å². The summed E-state index contributed by atoms with van der Waals surface area (Å²) in [6.07, 6.45) is -0.245. The number of carbonyl (C=O) groups is 2. The highest BCUT2D eigenvalue weighted by Crippen LogP contribution is 2.15. The lowest BCUT2D eigenvalue weighted by Gasteiger charge is -2.27. The monoisotopic (exact) mass is 290 g/mol. The topological polar surface area (TPSA) is 122 Å². The number of hydrogen-bond donors (Lipinski definition) is 3. The molecule has 3 atom stereocenters. The van der Waals surface area contributed by atoms with Gasteiger partial charge < -0.3 is 20.4 Å². The van der Waals surface area contributed by atoms with Crippen LogP contribution in [0, 0.1) is 17.0 Å². The van der Waals surface area contributed by atoms with E-state index in [4.69, 9.17) is 5.11 Å². The van der Waals surface area contributed by atoms with Gasteiger partial charge in [0.25, 0.3) is 6.21 Å². The summed E-state index contributed by atoms with van der Waals surface area (Å²) in [5.74, 6) is -2.83. The second kappa shape index (κ2) is 8.36. The second-order valence-electron chi connectivity index (χ2n) is 4.96. The van der Waals surface area contributed by atoms with E-state index >= 15 is 0 Å². The molecule has 0 aromatic carbocycles. The Hall–Kier alpha value is -1.83. The molecular weight excluding hydrogens is 268 g/mol. The fourth-order valence-corrected chi connectivity index (χ4v) is 1.65. The smallest absolute Gasteiger partial charge is 0.314 e. The summed E-state index contributed by atoms with van der Waals surface area (Å²) >= 11 is 0. The Bertz CT molecular complexity index is 369. The SMILES string of the molecule is CO/[N+]([O-])=C/C(=O)NC(CC(C)C)C(O)C(C)C(=O)O. The third-order valence-corrected chi connectivity index (χ3v) is 2.77. The van der Waals surface area contributed by atoms with Crippen LogP contribution in [0.1, 0.15) is 27.2 Å². The Balaban J connectivity index is 4.89. The minimum atomic E-state index is -1.25. The zero-order chi connectivity index (χ0) is 15.9. The van der Waals surface area contributed by atoms with Crippen LogP contribution < -0.4 is 5.32 Å².